The Hall–Kier alpha value is -1.43. The second-order valence-electron chi connectivity index (χ2n) is 9.47. The molecule has 3 aliphatic carbocycles. The van der Waals surface area contributed by atoms with E-state index in [0.29, 0.717) is 50.0 Å². The van der Waals surface area contributed by atoms with E-state index in [1.165, 1.54) is 0 Å². The summed E-state index contributed by atoms with van der Waals surface area (Å²) in [5, 5.41) is 4.23. The predicted molar refractivity (Wildman–Crippen MR) is 101 cm³/mol. The van der Waals surface area contributed by atoms with Gasteiger partial charge >= 0.3 is 5.97 Å². The van der Waals surface area contributed by atoms with E-state index in [4.69, 9.17) is 15.3 Å². The van der Waals surface area contributed by atoms with Crippen molar-refractivity contribution in [3.05, 3.63) is 0 Å². The molecule has 2 N–H and O–H groups in total. The molecule has 0 aromatic carbocycles. The van der Waals surface area contributed by atoms with E-state index in [1.54, 1.807) is 0 Å². The van der Waals surface area contributed by atoms with E-state index >= 15 is 0 Å². The number of nitrogens with zero attached hydrogens (tertiary/aromatic N) is 1. The Balaban J connectivity index is 1.60. The van der Waals surface area contributed by atoms with Crippen LogP contribution >= 0.6 is 0 Å². The van der Waals surface area contributed by atoms with Crippen molar-refractivity contribution in [3.8, 4) is 0 Å². The number of esters is 1. The second-order valence-corrected chi connectivity index (χ2v) is 9.47. The lowest BCUT2D eigenvalue weighted by Gasteiger charge is -2.52. The number of carbonyl (C=O) groups excluding carboxylic acids is 2. The first-order valence-corrected chi connectivity index (χ1v) is 10.5. The van der Waals surface area contributed by atoms with Crippen LogP contribution in [0.4, 0.5) is 0 Å². The van der Waals surface area contributed by atoms with E-state index in [-0.39, 0.29) is 28.8 Å². The molecular formula is C21H32N2O4. The van der Waals surface area contributed by atoms with Crippen molar-refractivity contribution in [2.24, 2.45) is 39.5 Å². The normalized spacial score (nSPS) is 45.5. The monoisotopic (exact) mass is 376 g/mol. The maximum Gasteiger partial charge on any atom is 0.306 e. The summed E-state index contributed by atoms with van der Waals surface area (Å²) in [4.78, 5) is 30.5. The molecule has 1 aliphatic heterocycles. The molecule has 0 spiro atoms. The van der Waals surface area contributed by atoms with Gasteiger partial charge in [0.15, 0.2) is 0 Å². The topological polar surface area (TPSA) is 91.0 Å². The van der Waals surface area contributed by atoms with Gasteiger partial charge in [-0.1, -0.05) is 19.0 Å². The molecule has 0 amide bonds. The van der Waals surface area contributed by atoms with Crippen molar-refractivity contribution in [2.75, 3.05) is 13.2 Å². The number of rotatable bonds is 3. The molecule has 150 valence electrons. The first kappa shape index (κ1) is 18.9. The summed E-state index contributed by atoms with van der Waals surface area (Å²) < 4.78 is 5.97. The van der Waals surface area contributed by atoms with E-state index < -0.39 is 0 Å². The van der Waals surface area contributed by atoms with Gasteiger partial charge in [-0.25, -0.2) is 0 Å². The number of nitrogens with two attached hydrogens (primary N) is 1. The average Bonchev–Trinajstić information content (AvgIpc) is 2.87. The molecule has 1 saturated heterocycles. The molecule has 0 aromatic heterocycles. The molecule has 0 bridgehead atoms. The molecule has 4 fully saturated rings. The summed E-state index contributed by atoms with van der Waals surface area (Å²) in [5.74, 6) is 1.33. The van der Waals surface area contributed by atoms with E-state index in [0.717, 1.165) is 37.8 Å². The van der Waals surface area contributed by atoms with E-state index in [9.17, 15) is 9.59 Å². The van der Waals surface area contributed by atoms with Crippen molar-refractivity contribution in [1.29, 1.82) is 0 Å². The number of carbonyl (C=O) groups is 2. The molecule has 1 unspecified atom stereocenters. The highest BCUT2D eigenvalue weighted by atomic mass is 16.6. The standard InChI is InChI=1S/C21H32N2O4/c1-20-8-6-16-14(15(20)3-4-17(20)24)12-19(25)27-18-11-13(23-26-10-9-22)5-7-21(16,18)2/h14-16,18H,3-12,22H2,1-2H3/b23-13-/t14-,15-,16-,18?,20-,21+/m0/s1. The molecule has 3 saturated carbocycles. The molecule has 6 atom stereocenters. The minimum atomic E-state index is -0.227. The molecule has 0 radical (unpaired) electrons. The molecule has 4 aliphatic rings. The van der Waals surface area contributed by atoms with Crippen molar-refractivity contribution in [1.82, 2.24) is 0 Å². The summed E-state index contributed by atoms with van der Waals surface area (Å²) in [6, 6.07) is 0. The predicted octanol–water partition coefficient (Wildman–Crippen LogP) is 2.84. The largest absolute Gasteiger partial charge is 0.461 e. The number of hydrogen-bond acceptors (Lipinski definition) is 6. The van der Waals surface area contributed by atoms with Crippen molar-refractivity contribution < 1.29 is 19.2 Å². The van der Waals surface area contributed by atoms with E-state index in [2.05, 4.69) is 19.0 Å². The quantitative estimate of drug-likeness (QED) is 0.465. The molecule has 4 rings (SSSR count). The van der Waals surface area contributed by atoms with Crippen molar-refractivity contribution in [2.45, 2.75) is 71.3 Å². The fraction of sp³-hybridized carbons (Fsp3) is 0.857. The Morgan fingerprint density at radius 2 is 1.96 bits per heavy atom. The van der Waals surface area contributed by atoms with Crippen LogP contribution in [0.1, 0.15) is 65.2 Å². The van der Waals surface area contributed by atoms with Gasteiger partial charge in [0.1, 0.15) is 18.5 Å². The molecule has 27 heavy (non-hydrogen) atoms. The SMILES string of the molecule is C[C@]12CC/C(=N/OCCN)CC1OC(=O)C[C@@H]1[C@@H]2CC[C@]2(C)C(=O)CC[C@@H]12. The van der Waals surface area contributed by atoms with Crippen LogP contribution in [-0.4, -0.2) is 36.7 Å². The Morgan fingerprint density at radius 3 is 2.74 bits per heavy atom. The number of Topliss-reactive ketones (excluding diaryl/α,β-unsaturated/α-hetero) is 1. The summed E-state index contributed by atoms with van der Waals surface area (Å²) in [6.07, 6.45) is 6.37. The van der Waals surface area contributed by atoms with Gasteiger partial charge in [-0.05, 0) is 49.9 Å². The van der Waals surface area contributed by atoms with Crippen LogP contribution in [0.2, 0.25) is 0 Å². The summed E-state index contributed by atoms with van der Waals surface area (Å²) in [7, 11) is 0. The van der Waals surface area contributed by atoms with Crippen LogP contribution in [0.15, 0.2) is 5.16 Å². The van der Waals surface area contributed by atoms with Crippen LogP contribution in [0.3, 0.4) is 0 Å². The lowest BCUT2D eigenvalue weighted by molar-refractivity contribution is -0.154. The number of fused-ring (bicyclic) bond motifs is 5. The molecule has 6 nitrogen and oxygen atoms in total. The Bertz CT molecular complexity index is 663. The van der Waals surface area contributed by atoms with Crippen LogP contribution in [0.5, 0.6) is 0 Å². The smallest absolute Gasteiger partial charge is 0.306 e. The summed E-state index contributed by atoms with van der Waals surface area (Å²) in [6.45, 7) is 5.28. The van der Waals surface area contributed by atoms with Crippen molar-refractivity contribution in [3.63, 3.8) is 0 Å². The molecule has 1 heterocycles. The van der Waals surface area contributed by atoms with Gasteiger partial charge in [-0.3, -0.25) is 9.59 Å². The number of ether oxygens (including phenoxy) is 1. The first-order valence-electron chi connectivity index (χ1n) is 10.5. The van der Waals surface area contributed by atoms with Gasteiger partial charge in [0.25, 0.3) is 0 Å². The fourth-order valence-electron chi connectivity index (χ4n) is 6.56. The lowest BCUT2D eigenvalue weighted by Crippen LogP contribution is -2.51. The van der Waals surface area contributed by atoms with Gasteiger partial charge in [0, 0.05) is 36.6 Å². The third-order valence-corrected chi connectivity index (χ3v) is 8.18. The molecule has 6 heteroatoms. The number of ketones is 1. The van der Waals surface area contributed by atoms with E-state index in [1.807, 2.05) is 0 Å². The van der Waals surface area contributed by atoms with Gasteiger partial charge in [0.05, 0.1) is 5.71 Å². The third-order valence-electron chi connectivity index (χ3n) is 8.18. The average molecular weight is 376 g/mol. The summed E-state index contributed by atoms with van der Waals surface area (Å²) >= 11 is 0. The minimum absolute atomic E-state index is 0.0450. The van der Waals surface area contributed by atoms with Crippen LogP contribution < -0.4 is 5.73 Å². The third kappa shape index (κ3) is 3.00. The molecular weight excluding hydrogens is 344 g/mol. The molecule has 0 aromatic rings. The zero-order valence-electron chi connectivity index (χ0n) is 16.5. The van der Waals surface area contributed by atoms with Gasteiger partial charge in [-0.2, -0.15) is 0 Å². The Labute approximate surface area is 161 Å². The zero-order valence-corrected chi connectivity index (χ0v) is 16.5. The highest BCUT2D eigenvalue weighted by Crippen LogP contribution is 2.62. The highest BCUT2D eigenvalue weighted by molar-refractivity contribution is 5.88. The maximum atomic E-state index is 12.7. The maximum absolute atomic E-state index is 12.7. The van der Waals surface area contributed by atoms with Gasteiger partial charge in [0.2, 0.25) is 0 Å². The number of hydrogen-bond donors (Lipinski definition) is 1. The van der Waals surface area contributed by atoms with Gasteiger partial charge < -0.3 is 15.3 Å². The van der Waals surface area contributed by atoms with Crippen LogP contribution in [0.25, 0.3) is 0 Å². The summed E-state index contributed by atoms with van der Waals surface area (Å²) in [5.41, 5.74) is 6.15. The first-order chi connectivity index (χ1) is 12.9. The Morgan fingerprint density at radius 1 is 1.15 bits per heavy atom. The van der Waals surface area contributed by atoms with Gasteiger partial charge in [-0.15, -0.1) is 0 Å². The van der Waals surface area contributed by atoms with Crippen LogP contribution in [0, 0.1) is 28.6 Å². The van der Waals surface area contributed by atoms with Crippen LogP contribution in [-0.2, 0) is 19.2 Å². The highest BCUT2D eigenvalue weighted by Gasteiger charge is 2.60. The Kier molecular flexibility index (Phi) is 4.81. The zero-order chi connectivity index (χ0) is 19.2. The number of oxime groups is 1. The second kappa shape index (κ2) is 6.87. The fourth-order valence-corrected chi connectivity index (χ4v) is 6.56. The minimum Gasteiger partial charge on any atom is -0.461 e. The van der Waals surface area contributed by atoms with Crippen molar-refractivity contribution >= 4 is 17.5 Å². The lowest BCUT2D eigenvalue weighted by atomic mass is 9.51.